The van der Waals surface area contributed by atoms with E-state index in [4.69, 9.17) is 16.1 Å². The lowest BCUT2D eigenvalue weighted by atomic mass is 9.66. The minimum Gasteiger partial charge on any atom is -0.368 e. The van der Waals surface area contributed by atoms with Crippen molar-refractivity contribution in [3.05, 3.63) is 45.8 Å². The van der Waals surface area contributed by atoms with E-state index >= 15 is 0 Å². The lowest BCUT2D eigenvalue weighted by molar-refractivity contribution is -0.116. The van der Waals surface area contributed by atoms with E-state index in [-0.39, 0.29) is 24.7 Å². The molecular weight excluding hydrogens is 464 g/mol. The van der Waals surface area contributed by atoms with Gasteiger partial charge in [-0.1, -0.05) is 43.6 Å². The number of hydrogen-bond donors (Lipinski definition) is 3. The van der Waals surface area contributed by atoms with Crippen LogP contribution >= 0.6 is 11.6 Å². The number of aromatic nitrogens is 1. The Morgan fingerprint density at radius 2 is 1.91 bits per heavy atom. The molecule has 0 spiro atoms. The Balaban J connectivity index is 1.51. The number of rotatable bonds is 10. The number of nitrogens with zero attached hydrogens (tertiary/aromatic N) is 1. The van der Waals surface area contributed by atoms with Crippen LogP contribution in [0.2, 0.25) is 5.02 Å². The Morgan fingerprint density at radius 1 is 1.20 bits per heavy atom. The topological polar surface area (TPSA) is 95.6 Å². The van der Waals surface area contributed by atoms with Crippen molar-refractivity contribution in [2.75, 3.05) is 5.32 Å². The van der Waals surface area contributed by atoms with E-state index in [9.17, 15) is 15.0 Å². The highest BCUT2D eigenvalue weighted by Crippen LogP contribution is 2.53. The van der Waals surface area contributed by atoms with Crippen molar-refractivity contribution in [2.24, 2.45) is 11.3 Å². The smallest absolute Gasteiger partial charge is 0.225 e. The molecule has 0 unspecified atom stereocenters. The van der Waals surface area contributed by atoms with Crippen molar-refractivity contribution >= 4 is 23.2 Å². The average molecular weight is 503 g/mol. The normalized spacial score (nSPS) is 21.1. The minimum atomic E-state index is -1.42. The molecule has 2 saturated carbocycles. The van der Waals surface area contributed by atoms with E-state index in [1.807, 2.05) is 19.1 Å². The first-order valence-electron chi connectivity index (χ1n) is 12.9. The number of benzene rings is 1. The van der Waals surface area contributed by atoms with E-state index in [0.29, 0.717) is 40.3 Å². The fourth-order valence-electron chi connectivity index (χ4n) is 5.51. The van der Waals surface area contributed by atoms with Gasteiger partial charge in [0.15, 0.2) is 6.29 Å². The van der Waals surface area contributed by atoms with Gasteiger partial charge in [-0.3, -0.25) is 4.79 Å². The number of nitrogens with one attached hydrogen (secondary N) is 1. The summed E-state index contributed by atoms with van der Waals surface area (Å²) in [6.45, 7) is 8.81. The third-order valence-electron chi connectivity index (χ3n) is 7.27. The predicted octanol–water partition coefficient (Wildman–Crippen LogP) is 6.65. The lowest BCUT2D eigenvalue weighted by Crippen LogP contribution is -2.26. The number of carbonyl (C=O) groups is 1. The highest BCUT2D eigenvalue weighted by atomic mass is 35.5. The van der Waals surface area contributed by atoms with Crippen LogP contribution in [-0.4, -0.2) is 27.6 Å². The second kappa shape index (κ2) is 10.6. The molecule has 1 aromatic carbocycles. The van der Waals surface area contributed by atoms with Crippen LogP contribution in [0.15, 0.2) is 22.7 Å². The van der Waals surface area contributed by atoms with Gasteiger partial charge in [0.1, 0.15) is 5.76 Å². The fourth-order valence-corrected chi connectivity index (χ4v) is 5.79. The number of carbonyl (C=O) groups excluding carboxylic acids is 1. The molecule has 7 heteroatoms. The van der Waals surface area contributed by atoms with Crippen molar-refractivity contribution in [1.82, 2.24) is 5.16 Å². The molecule has 2 aromatic rings. The van der Waals surface area contributed by atoms with Gasteiger partial charge in [-0.15, -0.1) is 0 Å². The first-order chi connectivity index (χ1) is 16.5. The molecule has 192 valence electrons. The van der Waals surface area contributed by atoms with Crippen molar-refractivity contribution in [3.8, 4) is 0 Å². The van der Waals surface area contributed by atoms with Gasteiger partial charge in [0.25, 0.3) is 0 Å². The third-order valence-corrected chi connectivity index (χ3v) is 7.58. The maximum atomic E-state index is 13.0. The zero-order chi connectivity index (χ0) is 25.3. The van der Waals surface area contributed by atoms with Crippen LogP contribution in [0.3, 0.4) is 0 Å². The fraction of sp³-hybridized carbons (Fsp3) is 0.643. The van der Waals surface area contributed by atoms with E-state index in [0.717, 1.165) is 42.7 Å². The maximum absolute atomic E-state index is 13.0. The maximum Gasteiger partial charge on any atom is 0.225 e. The Bertz CT molecular complexity index is 1030. The summed E-state index contributed by atoms with van der Waals surface area (Å²) < 4.78 is 5.97. The molecule has 4 rings (SSSR count). The van der Waals surface area contributed by atoms with Crippen molar-refractivity contribution in [1.29, 1.82) is 0 Å². The SMILES string of the molecule is Cc1ccc(NC(=O)C[C@H](CCC(O)O)c2noc([C@H]3C[C@@H](CC(C)(C)C)C3)c2C2CC2)c(Cl)c1. The molecule has 1 amide bonds. The molecular formula is C28H39ClN2O4. The molecule has 0 bridgehead atoms. The highest BCUT2D eigenvalue weighted by molar-refractivity contribution is 6.33. The van der Waals surface area contributed by atoms with Gasteiger partial charge < -0.3 is 20.1 Å². The monoisotopic (exact) mass is 502 g/mol. The molecule has 0 saturated heterocycles. The molecule has 1 heterocycles. The molecule has 1 aromatic heterocycles. The van der Waals surface area contributed by atoms with Gasteiger partial charge in [-0.25, -0.2) is 0 Å². The minimum absolute atomic E-state index is 0.173. The van der Waals surface area contributed by atoms with Gasteiger partial charge in [0.2, 0.25) is 5.91 Å². The number of hydrogen-bond acceptors (Lipinski definition) is 5. The van der Waals surface area contributed by atoms with Crippen LogP contribution in [0, 0.1) is 18.3 Å². The number of aryl methyl sites for hydroxylation is 1. The molecule has 2 fully saturated rings. The third kappa shape index (κ3) is 6.87. The zero-order valence-electron chi connectivity index (χ0n) is 21.3. The summed E-state index contributed by atoms with van der Waals surface area (Å²) in [5.41, 5.74) is 3.93. The van der Waals surface area contributed by atoms with Crippen LogP contribution in [0.25, 0.3) is 0 Å². The van der Waals surface area contributed by atoms with E-state index in [1.54, 1.807) is 6.07 Å². The summed E-state index contributed by atoms with van der Waals surface area (Å²) in [6, 6.07) is 5.52. The van der Waals surface area contributed by atoms with Crippen LogP contribution in [0.1, 0.15) is 112 Å². The van der Waals surface area contributed by atoms with Crippen LogP contribution in [0.4, 0.5) is 5.69 Å². The summed E-state index contributed by atoms with van der Waals surface area (Å²) in [4.78, 5) is 13.0. The van der Waals surface area contributed by atoms with E-state index in [2.05, 4.69) is 31.2 Å². The molecule has 0 aliphatic heterocycles. The summed E-state index contributed by atoms with van der Waals surface area (Å²) in [6.07, 6.45) is 5.05. The molecule has 35 heavy (non-hydrogen) atoms. The van der Waals surface area contributed by atoms with Gasteiger partial charge in [0.05, 0.1) is 16.4 Å². The number of halogens is 1. The van der Waals surface area contributed by atoms with Gasteiger partial charge in [0, 0.05) is 23.8 Å². The molecule has 1 atom stereocenters. The summed E-state index contributed by atoms with van der Waals surface area (Å²) in [5, 5.41) is 27.0. The summed E-state index contributed by atoms with van der Waals surface area (Å²) in [5.74, 6) is 2.12. The zero-order valence-corrected chi connectivity index (χ0v) is 22.1. The standard InChI is InChI=1S/C28H39ClN2O4/c1-16-5-9-22(21(29)11-16)30-23(32)14-19(8-10-24(33)34)26-25(18-6-7-18)27(35-31-26)20-12-17(13-20)15-28(2,3)4/h5,9,11,17-20,24,33-34H,6-8,10,12-15H2,1-4H3,(H,30,32)/t17-,19-,20+/m0/s1. The first-order valence-corrected chi connectivity index (χ1v) is 13.3. The number of anilines is 1. The number of aliphatic hydroxyl groups excluding tert-OH is 1. The Morgan fingerprint density at radius 3 is 2.51 bits per heavy atom. The highest BCUT2D eigenvalue weighted by Gasteiger charge is 2.42. The van der Waals surface area contributed by atoms with Gasteiger partial charge in [-0.2, -0.15) is 0 Å². The van der Waals surface area contributed by atoms with E-state index < -0.39 is 6.29 Å². The Hall–Kier alpha value is -1.89. The van der Waals surface area contributed by atoms with Crippen LogP contribution < -0.4 is 5.32 Å². The first kappa shape index (κ1) is 26.2. The molecule has 3 N–H and O–H groups in total. The quantitative estimate of drug-likeness (QED) is 0.316. The van der Waals surface area contributed by atoms with Crippen molar-refractivity contribution in [3.63, 3.8) is 0 Å². The largest absolute Gasteiger partial charge is 0.368 e. The van der Waals surface area contributed by atoms with Crippen molar-refractivity contribution < 1.29 is 19.5 Å². The molecule has 0 radical (unpaired) electrons. The lowest BCUT2D eigenvalue weighted by Gasteiger charge is -2.38. The molecule has 2 aliphatic carbocycles. The number of aliphatic hydroxyl groups is 2. The molecule has 6 nitrogen and oxygen atoms in total. The van der Waals surface area contributed by atoms with E-state index in [1.165, 1.54) is 12.0 Å². The molecule has 2 aliphatic rings. The number of amides is 1. The Kier molecular flexibility index (Phi) is 7.94. The Labute approximate surface area is 213 Å². The summed E-state index contributed by atoms with van der Waals surface area (Å²) >= 11 is 6.31. The van der Waals surface area contributed by atoms with Crippen LogP contribution in [-0.2, 0) is 4.79 Å². The van der Waals surface area contributed by atoms with Gasteiger partial charge in [-0.05, 0) is 86.8 Å². The predicted molar refractivity (Wildman–Crippen MR) is 138 cm³/mol. The second-order valence-electron chi connectivity index (χ2n) is 11.9. The second-order valence-corrected chi connectivity index (χ2v) is 12.3. The van der Waals surface area contributed by atoms with Crippen molar-refractivity contribution in [2.45, 2.75) is 103 Å². The average Bonchev–Trinajstić information content (AvgIpc) is 3.47. The van der Waals surface area contributed by atoms with Crippen LogP contribution in [0.5, 0.6) is 0 Å². The van der Waals surface area contributed by atoms with Gasteiger partial charge >= 0.3 is 0 Å². The summed E-state index contributed by atoms with van der Waals surface area (Å²) in [7, 11) is 0.